The number of aromatic amines is 1. The Morgan fingerprint density at radius 2 is 1.84 bits per heavy atom. The number of hydrogen-bond acceptors (Lipinski definition) is 2. The van der Waals surface area contributed by atoms with Gasteiger partial charge in [-0.15, -0.1) is 0 Å². The number of H-pyrrole nitrogens is 1. The molecular weight excluding hydrogens is 384 g/mol. The Kier molecular flexibility index (Phi) is 6.35. The number of carbonyl (C=O) groups is 1. The first-order chi connectivity index (χ1) is 14.9. The number of benzene rings is 2. The van der Waals surface area contributed by atoms with Gasteiger partial charge in [0.15, 0.2) is 0 Å². The molecule has 3 atom stereocenters. The summed E-state index contributed by atoms with van der Waals surface area (Å²) in [6.07, 6.45) is 5.63. The second-order valence-corrected chi connectivity index (χ2v) is 9.59. The monoisotopic (exact) mass is 418 g/mol. The molecular formula is C27H34N2O2. The van der Waals surface area contributed by atoms with Gasteiger partial charge in [-0.3, -0.25) is 0 Å². The molecule has 3 aromatic rings. The molecule has 0 radical (unpaired) electrons. The highest BCUT2D eigenvalue weighted by Crippen LogP contribution is 2.43. The molecule has 0 unspecified atom stereocenters. The molecule has 31 heavy (non-hydrogen) atoms. The second kappa shape index (κ2) is 9.17. The third kappa shape index (κ3) is 4.79. The molecule has 1 aliphatic rings. The second-order valence-electron chi connectivity index (χ2n) is 9.59. The molecule has 0 saturated heterocycles. The Balaban J connectivity index is 1.38. The van der Waals surface area contributed by atoms with Crippen LogP contribution < -0.4 is 5.32 Å². The van der Waals surface area contributed by atoms with Gasteiger partial charge in [0.2, 0.25) is 0 Å². The van der Waals surface area contributed by atoms with Crippen LogP contribution in [0.5, 0.6) is 0 Å². The highest BCUT2D eigenvalue weighted by molar-refractivity contribution is 5.83. The van der Waals surface area contributed by atoms with Crippen LogP contribution in [0.4, 0.5) is 4.79 Å². The van der Waals surface area contributed by atoms with E-state index in [4.69, 9.17) is 4.74 Å². The molecule has 4 nitrogen and oxygen atoms in total. The average molecular weight is 419 g/mol. The Labute approximate surface area is 185 Å². The molecule has 1 saturated carbocycles. The molecule has 164 valence electrons. The van der Waals surface area contributed by atoms with Crippen molar-refractivity contribution >= 4 is 17.0 Å². The number of carbonyl (C=O) groups excluding carboxylic acids is 1. The van der Waals surface area contributed by atoms with E-state index in [1.165, 1.54) is 22.9 Å². The lowest BCUT2D eigenvalue weighted by Crippen LogP contribution is -2.45. The lowest BCUT2D eigenvalue weighted by molar-refractivity contribution is -0.00308. The van der Waals surface area contributed by atoms with Gasteiger partial charge in [0.25, 0.3) is 0 Å². The van der Waals surface area contributed by atoms with Crippen LogP contribution in [0.3, 0.4) is 0 Å². The van der Waals surface area contributed by atoms with Gasteiger partial charge in [-0.05, 0) is 47.8 Å². The van der Waals surface area contributed by atoms with Crippen LogP contribution in [-0.2, 0) is 16.6 Å². The maximum absolute atomic E-state index is 12.7. The number of hydrogen-bond donors (Lipinski definition) is 2. The summed E-state index contributed by atoms with van der Waals surface area (Å²) in [5.41, 5.74) is 3.60. The van der Waals surface area contributed by atoms with Crippen molar-refractivity contribution in [1.82, 2.24) is 10.3 Å². The minimum absolute atomic E-state index is 0.0453. The van der Waals surface area contributed by atoms with Crippen LogP contribution in [0.25, 0.3) is 10.9 Å². The minimum Gasteiger partial charge on any atom is -0.446 e. The first kappa shape index (κ1) is 21.5. The molecule has 4 rings (SSSR count). The van der Waals surface area contributed by atoms with E-state index in [0.717, 1.165) is 24.8 Å². The maximum Gasteiger partial charge on any atom is 0.407 e. The topological polar surface area (TPSA) is 54.1 Å². The Morgan fingerprint density at radius 1 is 1.10 bits per heavy atom. The van der Waals surface area contributed by atoms with E-state index in [0.29, 0.717) is 18.4 Å². The van der Waals surface area contributed by atoms with Gasteiger partial charge in [0.05, 0.1) is 0 Å². The molecule has 4 heteroatoms. The van der Waals surface area contributed by atoms with Crippen LogP contribution in [0, 0.1) is 11.8 Å². The number of ether oxygens (including phenoxy) is 1. The van der Waals surface area contributed by atoms with Crippen molar-refractivity contribution < 1.29 is 9.53 Å². The van der Waals surface area contributed by atoms with Crippen molar-refractivity contribution in [1.29, 1.82) is 0 Å². The molecule has 1 fully saturated rings. The van der Waals surface area contributed by atoms with E-state index in [1.807, 2.05) is 18.3 Å². The third-order valence-electron chi connectivity index (χ3n) is 7.10. The van der Waals surface area contributed by atoms with Gasteiger partial charge < -0.3 is 15.0 Å². The van der Waals surface area contributed by atoms with E-state index in [2.05, 4.69) is 73.5 Å². The van der Waals surface area contributed by atoms with Crippen LogP contribution >= 0.6 is 0 Å². The van der Waals surface area contributed by atoms with Crippen LogP contribution in [0.15, 0.2) is 60.8 Å². The zero-order valence-corrected chi connectivity index (χ0v) is 18.9. The van der Waals surface area contributed by atoms with E-state index < -0.39 is 0 Å². The van der Waals surface area contributed by atoms with Gasteiger partial charge >= 0.3 is 6.09 Å². The lowest BCUT2D eigenvalue weighted by atomic mass is 9.64. The number of amides is 1. The largest absolute Gasteiger partial charge is 0.446 e. The summed E-state index contributed by atoms with van der Waals surface area (Å²) in [5.74, 6) is 0.886. The average Bonchev–Trinajstić information content (AvgIpc) is 3.17. The predicted molar refractivity (Wildman–Crippen MR) is 126 cm³/mol. The molecule has 1 aromatic heterocycles. The maximum atomic E-state index is 12.7. The quantitative estimate of drug-likeness (QED) is 0.499. The highest BCUT2D eigenvalue weighted by Gasteiger charge is 2.41. The zero-order valence-electron chi connectivity index (χ0n) is 18.9. The number of alkyl carbamates (subject to hydrolysis) is 1. The van der Waals surface area contributed by atoms with Crippen molar-refractivity contribution in [2.24, 2.45) is 11.8 Å². The summed E-state index contributed by atoms with van der Waals surface area (Å²) in [6.45, 7) is 7.40. The molecule has 0 aliphatic heterocycles. The number of para-hydroxylation sites is 1. The number of rotatable bonds is 6. The summed E-state index contributed by atoms with van der Waals surface area (Å²) >= 11 is 0. The molecule has 0 bridgehead atoms. The van der Waals surface area contributed by atoms with Crippen molar-refractivity contribution in [3.63, 3.8) is 0 Å². The fourth-order valence-corrected chi connectivity index (χ4v) is 5.18. The van der Waals surface area contributed by atoms with E-state index in [1.54, 1.807) is 0 Å². The van der Waals surface area contributed by atoms with Crippen LogP contribution in [-0.4, -0.2) is 23.7 Å². The molecule has 0 spiro atoms. The van der Waals surface area contributed by atoms with Gasteiger partial charge in [-0.25, -0.2) is 4.79 Å². The Bertz CT molecular complexity index is 1010. The van der Waals surface area contributed by atoms with Gasteiger partial charge in [0.1, 0.15) is 6.10 Å². The summed E-state index contributed by atoms with van der Waals surface area (Å²) in [5, 5.41) is 4.20. The molecule has 1 aliphatic carbocycles. The summed E-state index contributed by atoms with van der Waals surface area (Å²) in [6, 6.07) is 18.9. The van der Waals surface area contributed by atoms with Crippen molar-refractivity contribution in [3.8, 4) is 0 Å². The van der Waals surface area contributed by atoms with Crippen molar-refractivity contribution in [3.05, 3.63) is 71.9 Å². The minimum atomic E-state index is -0.298. The molecule has 2 aromatic carbocycles. The molecule has 1 heterocycles. The van der Waals surface area contributed by atoms with Gasteiger partial charge in [-0.2, -0.15) is 0 Å². The summed E-state index contributed by atoms with van der Waals surface area (Å²) in [4.78, 5) is 16.0. The lowest BCUT2D eigenvalue weighted by Gasteiger charge is -2.43. The standard InChI is InChI=1S/C27H34N2O2/c1-19-13-14-23(27(2,3)21-9-5-4-6-10-21)25(17-19)31-26(30)28-16-15-20-18-29-24-12-8-7-11-22(20)24/h4-12,18-19,23,25,29H,13-17H2,1-3H3,(H,28,30)/t19-,23-,25-/m1/s1. The van der Waals surface area contributed by atoms with Crippen molar-refractivity contribution in [2.45, 2.75) is 58.0 Å². The van der Waals surface area contributed by atoms with Crippen molar-refractivity contribution in [2.75, 3.05) is 6.54 Å². The SMILES string of the molecule is C[C@@H]1CC[C@@H](C(C)(C)c2ccccc2)[C@H](OC(=O)NCCc2c[nH]c3ccccc23)C1. The van der Waals surface area contributed by atoms with Crippen LogP contribution in [0.2, 0.25) is 0 Å². The van der Waals surface area contributed by atoms with Gasteiger partial charge in [0, 0.05) is 29.6 Å². The van der Waals surface area contributed by atoms with Crippen LogP contribution in [0.1, 0.15) is 51.2 Å². The highest BCUT2D eigenvalue weighted by atomic mass is 16.6. The fourth-order valence-electron chi connectivity index (χ4n) is 5.18. The zero-order chi connectivity index (χ0) is 21.8. The number of nitrogens with one attached hydrogen (secondary N) is 2. The third-order valence-corrected chi connectivity index (χ3v) is 7.10. The normalized spacial score (nSPS) is 21.7. The first-order valence-electron chi connectivity index (χ1n) is 11.5. The summed E-state index contributed by atoms with van der Waals surface area (Å²) in [7, 11) is 0. The van der Waals surface area contributed by atoms with E-state index >= 15 is 0 Å². The van der Waals surface area contributed by atoms with Gasteiger partial charge in [-0.1, -0.05) is 75.7 Å². The fraction of sp³-hybridized carbons (Fsp3) is 0.444. The predicted octanol–water partition coefficient (Wildman–Crippen LogP) is 6.22. The number of fused-ring (bicyclic) bond motifs is 1. The van der Waals surface area contributed by atoms with E-state index in [9.17, 15) is 4.79 Å². The Morgan fingerprint density at radius 3 is 2.65 bits per heavy atom. The van der Waals surface area contributed by atoms with E-state index in [-0.39, 0.29) is 17.6 Å². The summed E-state index contributed by atoms with van der Waals surface area (Å²) < 4.78 is 6.03. The Hall–Kier alpha value is -2.75. The molecule has 1 amide bonds. The smallest absolute Gasteiger partial charge is 0.407 e. The first-order valence-corrected chi connectivity index (χ1v) is 11.5. The molecule has 2 N–H and O–H groups in total. The number of aromatic nitrogens is 1.